The van der Waals surface area contributed by atoms with Crippen LogP contribution in [0, 0.1) is 5.92 Å². The van der Waals surface area contributed by atoms with E-state index in [0.29, 0.717) is 23.2 Å². The number of ether oxygens (including phenoxy) is 1. The number of carboxylic acids is 1. The van der Waals surface area contributed by atoms with E-state index in [-0.39, 0.29) is 22.9 Å². The number of rotatable bonds is 12. The molecule has 0 radical (unpaired) electrons. The highest BCUT2D eigenvalue weighted by molar-refractivity contribution is 7.99. The van der Waals surface area contributed by atoms with Gasteiger partial charge in [-0.1, -0.05) is 25.1 Å². The monoisotopic (exact) mass is 574 g/mol. The zero-order valence-corrected chi connectivity index (χ0v) is 24.0. The molecule has 10 atom stereocenters. The number of nitrogens with two attached hydrogens (primary N) is 1. The number of quaternary nitrogens is 2. The van der Waals surface area contributed by atoms with Crippen molar-refractivity contribution >= 4 is 23.6 Å². The Morgan fingerprint density at radius 1 is 1.28 bits per heavy atom. The van der Waals surface area contributed by atoms with Gasteiger partial charge in [-0.2, -0.15) is 0 Å². The second kappa shape index (κ2) is 13.3. The van der Waals surface area contributed by atoms with Crippen molar-refractivity contribution in [2.45, 2.75) is 98.8 Å². The van der Waals surface area contributed by atoms with Gasteiger partial charge in [-0.15, -0.1) is 0 Å². The van der Waals surface area contributed by atoms with Gasteiger partial charge in [0.2, 0.25) is 0 Å². The van der Waals surface area contributed by atoms with E-state index >= 15 is 0 Å². The van der Waals surface area contributed by atoms with Crippen molar-refractivity contribution in [2.24, 2.45) is 5.92 Å². The van der Waals surface area contributed by atoms with E-state index in [1.165, 1.54) is 13.1 Å². The summed E-state index contributed by atoms with van der Waals surface area (Å²) >= 11 is 0.946. The van der Waals surface area contributed by atoms with Crippen molar-refractivity contribution in [3.63, 3.8) is 0 Å². The largest absolute Gasteiger partial charge is 0.544 e. The third-order valence-electron chi connectivity index (χ3n) is 7.62. The molecule has 1 aromatic rings. The zero-order chi connectivity index (χ0) is 29.1. The van der Waals surface area contributed by atoms with E-state index in [1.54, 1.807) is 21.1 Å². The molecule has 2 aliphatic rings. The van der Waals surface area contributed by atoms with E-state index in [0.717, 1.165) is 31.1 Å². The van der Waals surface area contributed by atoms with Crippen molar-refractivity contribution in [3.8, 4) is 0 Å². The Labute approximate surface area is 232 Å². The number of hydrogen-bond donors (Lipinski definition) is 7. The molecule has 2 saturated heterocycles. The van der Waals surface area contributed by atoms with Crippen LogP contribution in [-0.4, -0.2) is 129 Å². The lowest BCUT2D eigenvalue weighted by molar-refractivity contribution is -0.889. The maximum absolute atomic E-state index is 13.0. The zero-order valence-electron chi connectivity index (χ0n) is 23.2. The molecular weight excluding hydrogens is 530 g/mol. The number of carbonyl (C=O) groups is 2. The number of hydrogen-bond acceptors (Lipinski definition) is 10. The van der Waals surface area contributed by atoms with Crippen LogP contribution in [0.2, 0.25) is 0 Å². The number of amides is 1. The van der Waals surface area contributed by atoms with E-state index in [1.807, 2.05) is 5.32 Å². The Morgan fingerprint density at radius 3 is 2.56 bits per heavy atom. The summed E-state index contributed by atoms with van der Waals surface area (Å²) in [7, 11) is 5.24. The minimum atomic E-state index is -1.61. The maximum atomic E-state index is 13.0. The first-order valence-electron chi connectivity index (χ1n) is 13.5. The number of aromatic nitrogens is 2. The molecule has 39 heavy (non-hydrogen) atoms. The number of imidazole rings is 1. The fraction of sp³-hybridized carbons (Fsp3) is 0.800. The quantitative estimate of drug-likeness (QED) is 0.122. The van der Waals surface area contributed by atoms with Crippen LogP contribution in [0.1, 0.15) is 38.8 Å². The highest BCUT2D eigenvalue weighted by atomic mass is 32.2. The average Bonchev–Trinajstić information content (AvgIpc) is 3.50. The molecule has 0 spiro atoms. The molecule has 14 heteroatoms. The van der Waals surface area contributed by atoms with Gasteiger partial charge in [0.05, 0.1) is 45.8 Å². The number of aliphatic carboxylic acids is 1. The summed E-state index contributed by atoms with van der Waals surface area (Å²) in [4.78, 5) is 31.9. The molecule has 1 aromatic heterocycles. The Morgan fingerprint density at radius 2 is 1.97 bits per heavy atom. The lowest BCUT2D eigenvalue weighted by Crippen LogP contribution is -2.90. The van der Waals surface area contributed by atoms with Gasteiger partial charge in [0, 0.05) is 30.7 Å². The standard InChI is InChI=1S/C25H43N5O8S/c1-6-7-13-8-15(26-10-13)22(35)29-17(12(2)31)21-19(33)18(32)20(34)24(38-21)39-25-27-11-14(28-25)9-16(23(36)37)30(3,4)5/h11-13,15-21,24,26,31-34H,6-10H2,1-5H3,(H2-,27,28,29,35,36,37)/p+1/t12-,13-,15+,16+,17-,18+,19-,20-,21-,24-/m1/s1. The van der Waals surface area contributed by atoms with E-state index in [9.17, 15) is 35.1 Å². The summed E-state index contributed by atoms with van der Waals surface area (Å²) in [6.45, 7) is 4.41. The molecule has 222 valence electrons. The smallest absolute Gasteiger partial charge is 0.278 e. The number of aliphatic hydroxyl groups is 4. The van der Waals surface area contributed by atoms with Gasteiger partial charge in [0.1, 0.15) is 35.9 Å². The summed E-state index contributed by atoms with van der Waals surface area (Å²) in [5.41, 5.74) is -0.571. The number of likely N-dealkylation sites (N-methyl/N-ethyl adjacent to an activating group) is 1. The van der Waals surface area contributed by atoms with Gasteiger partial charge >= 0.3 is 0 Å². The molecule has 3 rings (SSSR count). The van der Waals surface area contributed by atoms with Gasteiger partial charge in [0.25, 0.3) is 5.91 Å². The van der Waals surface area contributed by atoms with E-state index in [4.69, 9.17) is 4.74 Å². The average molecular weight is 575 g/mol. The predicted molar refractivity (Wildman–Crippen MR) is 139 cm³/mol. The van der Waals surface area contributed by atoms with Crippen molar-refractivity contribution in [1.82, 2.24) is 15.3 Å². The SMILES string of the molecule is CCC[C@H]1C[NH2+][C@H](C(=O)N[C@@H]([C@H]2O[C@H](Sc3ncc(C[C@@H](C(=O)[O-])[N+](C)(C)C)[nH]3)[C@H](O)[C@@H](O)[C@H]2O)[C@@H](C)O)C1. The first-order chi connectivity index (χ1) is 18.2. The van der Waals surface area contributed by atoms with Crippen LogP contribution >= 0.6 is 11.8 Å². The van der Waals surface area contributed by atoms with Crippen molar-refractivity contribution in [3.05, 3.63) is 11.9 Å². The van der Waals surface area contributed by atoms with Gasteiger partial charge < -0.3 is 55.2 Å². The van der Waals surface area contributed by atoms with Crippen molar-refractivity contribution in [2.75, 3.05) is 27.7 Å². The number of aliphatic hydroxyl groups excluding tert-OH is 4. The Hall–Kier alpha value is -1.78. The summed E-state index contributed by atoms with van der Waals surface area (Å²) in [5, 5.41) is 59.2. The van der Waals surface area contributed by atoms with Crippen LogP contribution < -0.4 is 15.7 Å². The van der Waals surface area contributed by atoms with Crippen LogP contribution in [0.15, 0.2) is 11.4 Å². The molecule has 0 aromatic carbocycles. The molecule has 0 aliphatic carbocycles. The van der Waals surface area contributed by atoms with Gasteiger partial charge in [-0.05, 0) is 13.3 Å². The van der Waals surface area contributed by atoms with E-state index < -0.39 is 54.0 Å². The third-order valence-corrected chi connectivity index (χ3v) is 8.67. The third kappa shape index (κ3) is 7.91. The summed E-state index contributed by atoms with van der Waals surface area (Å²) in [5.74, 6) is -1.04. The molecular formula is C25H44N5O8S+. The van der Waals surface area contributed by atoms with Gasteiger partial charge in [-0.3, -0.25) is 4.79 Å². The van der Waals surface area contributed by atoms with Crippen LogP contribution in [0.4, 0.5) is 0 Å². The van der Waals surface area contributed by atoms with Gasteiger partial charge in [-0.25, -0.2) is 4.98 Å². The molecule has 2 aliphatic heterocycles. The fourth-order valence-corrected chi connectivity index (χ4v) is 6.28. The minimum Gasteiger partial charge on any atom is -0.544 e. The molecule has 0 bridgehead atoms. The van der Waals surface area contributed by atoms with Gasteiger partial charge in [0.15, 0.2) is 11.2 Å². The lowest BCUT2D eigenvalue weighted by Gasteiger charge is -2.43. The Bertz CT molecular complexity index is 973. The minimum absolute atomic E-state index is 0.130. The highest BCUT2D eigenvalue weighted by Crippen LogP contribution is 2.34. The first kappa shape index (κ1) is 31.7. The topological polar surface area (TPSA) is 205 Å². The second-order valence-electron chi connectivity index (χ2n) is 11.7. The molecule has 13 nitrogen and oxygen atoms in total. The maximum Gasteiger partial charge on any atom is 0.278 e. The summed E-state index contributed by atoms with van der Waals surface area (Å²) < 4.78 is 6.11. The Balaban J connectivity index is 1.70. The number of carboxylic acid groups (broad SMARTS) is 1. The number of aromatic amines is 1. The first-order valence-corrected chi connectivity index (χ1v) is 14.3. The normalized spacial score (nSPS) is 32.0. The number of nitrogens with one attached hydrogen (secondary N) is 2. The molecule has 1 amide bonds. The predicted octanol–water partition coefficient (Wildman–Crippen LogP) is -3.71. The number of carbonyl (C=O) groups excluding carboxylic acids is 2. The van der Waals surface area contributed by atoms with Crippen molar-refractivity contribution < 1.29 is 49.7 Å². The molecule has 3 heterocycles. The van der Waals surface area contributed by atoms with E-state index in [2.05, 4.69) is 22.2 Å². The fourth-order valence-electron chi connectivity index (χ4n) is 5.28. The second-order valence-corrected chi connectivity index (χ2v) is 12.8. The number of thioether (sulfide) groups is 1. The highest BCUT2D eigenvalue weighted by Gasteiger charge is 2.49. The molecule has 0 saturated carbocycles. The summed E-state index contributed by atoms with van der Waals surface area (Å²) in [6, 6.07) is -2.19. The van der Waals surface area contributed by atoms with Crippen LogP contribution in [-0.2, 0) is 20.7 Å². The van der Waals surface area contributed by atoms with Crippen LogP contribution in [0.25, 0.3) is 0 Å². The Kier molecular flexibility index (Phi) is 10.8. The molecule has 2 fully saturated rings. The summed E-state index contributed by atoms with van der Waals surface area (Å²) in [6.07, 6.45) is -2.62. The van der Waals surface area contributed by atoms with Crippen LogP contribution in [0.3, 0.4) is 0 Å². The van der Waals surface area contributed by atoms with Crippen molar-refractivity contribution in [1.29, 1.82) is 0 Å². The number of H-pyrrole nitrogens is 1. The lowest BCUT2D eigenvalue weighted by atomic mass is 9.92. The van der Waals surface area contributed by atoms with Crippen LogP contribution in [0.5, 0.6) is 0 Å². The molecule has 0 unspecified atom stereocenters. The number of nitrogens with zero attached hydrogens (tertiary/aromatic N) is 2. The molecule has 8 N–H and O–H groups in total.